The largest absolute Gasteiger partial charge is 0.460 e. The van der Waals surface area contributed by atoms with Crippen molar-refractivity contribution in [3.8, 4) is 18.1 Å². The van der Waals surface area contributed by atoms with E-state index < -0.39 is 0 Å². The molecule has 0 amide bonds. The first-order chi connectivity index (χ1) is 11.3. The molecule has 3 nitrogen and oxygen atoms in total. The zero-order valence-electron chi connectivity index (χ0n) is 14.3. The Hall–Kier alpha value is -2.38. The summed E-state index contributed by atoms with van der Waals surface area (Å²) in [6, 6.07) is 9.68. The van der Waals surface area contributed by atoms with Crippen LogP contribution >= 0.6 is 11.8 Å². The highest BCUT2D eigenvalue weighted by atomic mass is 32.2. The molecular weight excluding hydrogens is 318 g/mol. The molecule has 0 aliphatic carbocycles. The van der Waals surface area contributed by atoms with Crippen molar-refractivity contribution in [3.05, 3.63) is 46.6 Å². The smallest absolute Gasteiger partial charge is 0.169 e. The third-order valence-corrected chi connectivity index (χ3v) is 4.94. The molecular formula is C20H21NO2S. The molecule has 2 aromatic carbocycles. The number of allylic oxidation sites excluding steroid dienone is 2. The van der Waals surface area contributed by atoms with Crippen molar-refractivity contribution in [3.63, 3.8) is 0 Å². The van der Waals surface area contributed by atoms with Crippen LogP contribution in [0.2, 0.25) is 0 Å². The highest BCUT2D eigenvalue weighted by Crippen LogP contribution is 2.36. The molecule has 0 spiro atoms. The topological polar surface area (TPSA) is 52.3 Å². The van der Waals surface area contributed by atoms with Crippen molar-refractivity contribution in [1.29, 1.82) is 0 Å². The minimum Gasteiger partial charge on any atom is -0.460 e. The van der Waals surface area contributed by atoms with Gasteiger partial charge >= 0.3 is 0 Å². The average Bonchev–Trinajstić information content (AvgIpc) is 2.55. The number of ether oxygens (including phenoxy) is 1. The van der Waals surface area contributed by atoms with Crippen LogP contribution < -0.4 is 10.5 Å². The Balaban J connectivity index is 2.53. The molecule has 0 fully saturated rings. The van der Waals surface area contributed by atoms with Gasteiger partial charge in [0.2, 0.25) is 0 Å². The molecule has 2 rings (SSSR count). The van der Waals surface area contributed by atoms with Gasteiger partial charge in [0.25, 0.3) is 0 Å². The number of hydrogen-bond acceptors (Lipinski definition) is 4. The fraction of sp³-hybridized carbons (Fsp3) is 0.250. The van der Waals surface area contributed by atoms with Crippen molar-refractivity contribution in [2.75, 3.05) is 5.73 Å². The van der Waals surface area contributed by atoms with E-state index in [0.717, 1.165) is 16.3 Å². The third-order valence-electron chi connectivity index (χ3n) is 3.64. The van der Waals surface area contributed by atoms with Gasteiger partial charge in [-0.2, -0.15) is 0 Å². The Morgan fingerprint density at radius 1 is 1.29 bits per heavy atom. The number of benzene rings is 2. The standard InChI is InChI=1S/C20H21NO2S/c1-6-13(3)24-20(14(4)22)15(5)23-19-12(2)11-18(21)16-9-7-8-10-17(16)19/h1,7-11,13H,21H2,2-5H3/b20-15+. The number of fused-ring (bicyclic) bond motifs is 1. The first-order valence-corrected chi connectivity index (χ1v) is 8.53. The van der Waals surface area contributed by atoms with Crippen LogP contribution in [0.25, 0.3) is 10.8 Å². The number of terminal acetylenes is 1. The van der Waals surface area contributed by atoms with Crippen LogP contribution in [0.3, 0.4) is 0 Å². The molecule has 0 aliphatic heterocycles. The molecule has 0 aliphatic rings. The fourth-order valence-electron chi connectivity index (χ4n) is 2.48. The minimum atomic E-state index is -0.105. The lowest BCUT2D eigenvalue weighted by Crippen LogP contribution is -2.06. The second-order valence-corrected chi connectivity index (χ2v) is 6.98. The van der Waals surface area contributed by atoms with Crippen LogP contribution in [-0.4, -0.2) is 11.0 Å². The first kappa shape index (κ1) is 18.0. The summed E-state index contributed by atoms with van der Waals surface area (Å²) in [6.07, 6.45) is 5.43. The summed E-state index contributed by atoms with van der Waals surface area (Å²) >= 11 is 1.34. The molecule has 0 radical (unpaired) electrons. The number of hydrogen-bond donors (Lipinski definition) is 1. The summed E-state index contributed by atoms with van der Waals surface area (Å²) in [4.78, 5) is 12.5. The molecule has 2 N–H and O–H groups in total. The van der Waals surface area contributed by atoms with E-state index in [1.807, 2.05) is 44.2 Å². The third kappa shape index (κ3) is 3.74. The number of thioether (sulfide) groups is 1. The highest BCUT2D eigenvalue weighted by molar-refractivity contribution is 8.04. The lowest BCUT2D eigenvalue weighted by molar-refractivity contribution is -0.113. The number of carbonyl (C=O) groups excluding carboxylic acids is 1. The van der Waals surface area contributed by atoms with Gasteiger partial charge in [-0.1, -0.05) is 30.2 Å². The van der Waals surface area contributed by atoms with Crippen LogP contribution in [-0.2, 0) is 4.79 Å². The number of ketones is 1. The van der Waals surface area contributed by atoms with Gasteiger partial charge in [0, 0.05) is 16.5 Å². The van der Waals surface area contributed by atoms with E-state index in [9.17, 15) is 4.79 Å². The maximum atomic E-state index is 12.0. The second kappa shape index (κ2) is 7.46. The maximum Gasteiger partial charge on any atom is 0.169 e. The molecule has 1 unspecified atom stereocenters. The van der Waals surface area contributed by atoms with Gasteiger partial charge in [0.05, 0.1) is 10.2 Å². The summed E-state index contributed by atoms with van der Waals surface area (Å²) in [5.41, 5.74) is 7.73. The summed E-state index contributed by atoms with van der Waals surface area (Å²) in [5.74, 6) is 3.83. The molecule has 0 bridgehead atoms. The van der Waals surface area contributed by atoms with Gasteiger partial charge in [0.15, 0.2) is 5.78 Å². The van der Waals surface area contributed by atoms with Gasteiger partial charge in [-0.3, -0.25) is 4.79 Å². The Kier molecular flexibility index (Phi) is 5.58. The lowest BCUT2D eigenvalue weighted by Gasteiger charge is -2.16. The molecule has 0 aromatic heterocycles. The quantitative estimate of drug-likeness (QED) is 0.372. The minimum absolute atomic E-state index is 0.0583. The molecule has 1 atom stereocenters. The molecule has 0 saturated carbocycles. The van der Waals surface area contributed by atoms with Crippen LogP contribution in [0, 0.1) is 19.3 Å². The van der Waals surface area contributed by atoms with Crippen molar-refractivity contribution in [2.24, 2.45) is 0 Å². The summed E-state index contributed by atoms with van der Waals surface area (Å²) < 4.78 is 6.10. The second-order valence-electron chi connectivity index (χ2n) is 5.63. The molecule has 0 saturated heterocycles. The van der Waals surface area contributed by atoms with Crippen LogP contribution in [0.15, 0.2) is 41.0 Å². The molecule has 2 aromatic rings. The number of nitrogens with two attached hydrogens (primary N) is 1. The molecule has 4 heteroatoms. The van der Waals surface area contributed by atoms with Crippen LogP contribution in [0.5, 0.6) is 5.75 Å². The Morgan fingerprint density at radius 3 is 2.50 bits per heavy atom. The number of aryl methyl sites for hydroxylation is 1. The van der Waals surface area contributed by atoms with E-state index in [1.54, 1.807) is 6.92 Å². The summed E-state index contributed by atoms with van der Waals surface area (Å²) in [6.45, 7) is 7.13. The first-order valence-electron chi connectivity index (χ1n) is 7.65. The van der Waals surface area contributed by atoms with E-state index in [1.165, 1.54) is 18.7 Å². The van der Waals surface area contributed by atoms with E-state index in [2.05, 4.69) is 5.92 Å². The molecule has 124 valence electrons. The van der Waals surface area contributed by atoms with Crippen LogP contribution in [0.1, 0.15) is 26.3 Å². The predicted molar refractivity (Wildman–Crippen MR) is 103 cm³/mol. The van der Waals surface area contributed by atoms with Gasteiger partial charge in [-0.15, -0.1) is 18.2 Å². The average molecular weight is 339 g/mol. The predicted octanol–water partition coefficient (Wildman–Crippen LogP) is 4.68. The van der Waals surface area contributed by atoms with Crippen molar-refractivity contribution >= 4 is 34.0 Å². The summed E-state index contributed by atoms with van der Waals surface area (Å²) in [7, 11) is 0. The molecule has 24 heavy (non-hydrogen) atoms. The SMILES string of the molecule is C#CC(C)S/C(C(C)=O)=C(\C)Oc1c(C)cc(N)c2ccccc12. The van der Waals surface area contributed by atoms with Crippen molar-refractivity contribution in [2.45, 2.75) is 32.9 Å². The number of anilines is 1. The number of rotatable bonds is 5. The van der Waals surface area contributed by atoms with E-state index in [0.29, 0.717) is 22.1 Å². The van der Waals surface area contributed by atoms with Crippen LogP contribution in [0.4, 0.5) is 5.69 Å². The summed E-state index contributed by atoms with van der Waals surface area (Å²) in [5, 5.41) is 1.75. The van der Waals surface area contributed by atoms with E-state index in [-0.39, 0.29) is 11.0 Å². The fourth-order valence-corrected chi connectivity index (χ4v) is 3.28. The van der Waals surface area contributed by atoms with Gasteiger partial charge in [-0.25, -0.2) is 0 Å². The highest BCUT2D eigenvalue weighted by Gasteiger charge is 2.16. The van der Waals surface area contributed by atoms with E-state index >= 15 is 0 Å². The lowest BCUT2D eigenvalue weighted by atomic mass is 10.0. The van der Waals surface area contributed by atoms with Crippen molar-refractivity contribution in [1.82, 2.24) is 0 Å². The number of Topliss-reactive ketones (excluding diaryl/α,β-unsaturated/α-hetero) is 1. The van der Waals surface area contributed by atoms with Gasteiger partial charge in [0.1, 0.15) is 11.5 Å². The number of nitrogen functional groups attached to an aromatic ring is 1. The number of carbonyl (C=O) groups is 1. The Morgan fingerprint density at radius 2 is 1.92 bits per heavy atom. The van der Waals surface area contributed by atoms with E-state index in [4.69, 9.17) is 16.9 Å². The zero-order chi connectivity index (χ0) is 17.9. The van der Waals surface area contributed by atoms with Gasteiger partial charge < -0.3 is 10.5 Å². The maximum absolute atomic E-state index is 12.0. The monoisotopic (exact) mass is 339 g/mol. The van der Waals surface area contributed by atoms with Gasteiger partial charge in [-0.05, 0) is 39.3 Å². The zero-order valence-corrected chi connectivity index (χ0v) is 15.2. The normalized spacial score (nSPS) is 13.1. The Labute approximate surface area is 147 Å². The molecule has 0 heterocycles. The van der Waals surface area contributed by atoms with Crippen molar-refractivity contribution < 1.29 is 9.53 Å². The Bertz CT molecular complexity index is 862.